The fourth-order valence-electron chi connectivity index (χ4n) is 3.87. The van der Waals surface area contributed by atoms with Crippen molar-refractivity contribution in [2.24, 2.45) is 0 Å². The summed E-state index contributed by atoms with van der Waals surface area (Å²) in [5.41, 5.74) is 1.74. The van der Waals surface area contributed by atoms with E-state index in [0.717, 1.165) is 37.6 Å². The number of anilines is 2. The van der Waals surface area contributed by atoms with Crippen LogP contribution < -0.4 is 19.4 Å². The number of fused-ring (bicyclic) bond motifs is 1. The van der Waals surface area contributed by atoms with Crippen molar-refractivity contribution in [3.8, 4) is 5.75 Å². The number of nitrogens with zero attached hydrogens (tertiary/aromatic N) is 2. The Labute approximate surface area is 163 Å². The Morgan fingerprint density at radius 3 is 2.57 bits per heavy atom. The minimum Gasteiger partial charge on any atom is -0.492 e. The summed E-state index contributed by atoms with van der Waals surface area (Å²) in [6.45, 7) is 6.18. The fourth-order valence-corrected chi connectivity index (χ4v) is 3.87. The number of Topliss-reactive ketones (excluding diaryl/α,β-unsaturated/α-hetero) is 1. The Kier molecular flexibility index (Phi) is 5.00. The second-order valence-corrected chi connectivity index (χ2v) is 7.02. The number of hydrogen-bond donors (Lipinski definition) is 1. The summed E-state index contributed by atoms with van der Waals surface area (Å²) in [5.74, 6) is -0.701. The van der Waals surface area contributed by atoms with E-state index in [1.807, 2.05) is 25.1 Å². The van der Waals surface area contributed by atoms with Gasteiger partial charge in [-0.1, -0.05) is 12.1 Å². The molecule has 2 heterocycles. The Bertz CT molecular complexity index is 910. The Hall–Kier alpha value is -2.93. The van der Waals surface area contributed by atoms with Gasteiger partial charge in [-0.3, -0.25) is 14.5 Å². The highest BCUT2D eigenvalue weighted by Crippen LogP contribution is 2.29. The molecule has 7 heteroatoms. The highest BCUT2D eigenvalue weighted by molar-refractivity contribution is 6.52. The van der Waals surface area contributed by atoms with E-state index in [4.69, 9.17) is 4.74 Å². The maximum Gasteiger partial charge on any atom is 0.303 e. The van der Waals surface area contributed by atoms with Gasteiger partial charge in [0.2, 0.25) is 0 Å². The van der Waals surface area contributed by atoms with Gasteiger partial charge in [-0.25, -0.2) is 4.39 Å². The van der Waals surface area contributed by atoms with Crippen LogP contribution in [0.2, 0.25) is 0 Å². The fraction of sp³-hybridized carbons (Fsp3) is 0.333. The van der Waals surface area contributed by atoms with Crippen LogP contribution >= 0.6 is 0 Å². The van der Waals surface area contributed by atoms with Crippen LogP contribution in [0.25, 0.3) is 0 Å². The SMILES string of the molecule is CCOc1ccccc1N1CC[NH+](CN2C(=O)C(=O)c3ccc(F)cc32)CC1. The Morgan fingerprint density at radius 1 is 1.07 bits per heavy atom. The number of rotatable bonds is 5. The lowest BCUT2D eigenvalue weighted by Crippen LogP contribution is -3.16. The minimum atomic E-state index is -0.572. The molecule has 0 aromatic heterocycles. The van der Waals surface area contributed by atoms with Crippen molar-refractivity contribution in [2.45, 2.75) is 6.92 Å². The molecular weight excluding hydrogens is 361 g/mol. The quantitative estimate of drug-likeness (QED) is 0.785. The molecule has 28 heavy (non-hydrogen) atoms. The van der Waals surface area contributed by atoms with Crippen molar-refractivity contribution in [3.63, 3.8) is 0 Å². The number of halogens is 1. The predicted octanol–water partition coefficient (Wildman–Crippen LogP) is 1.12. The van der Waals surface area contributed by atoms with E-state index in [1.165, 1.54) is 28.0 Å². The smallest absolute Gasteiger partial charge is 0.303 e. The van der Waals surface area contributed by atoms with Gasteiger partial charge < -0.3 is 14.5 Å². The van der Waals surface area contributed by atoms with Gasteiger partial charge in [0.15, 0.2) is 6.67 Å². The molecule has 1 amide bonds. The molecule has 2 aliphatic rings. The average molecular weight is 384 g/mol. The molecule has 0 bridgehead atoms. The number of carbonyl (C=O) groups excluding carboxylic acids is 2. The largest absolute Gasteiger partial charge is 0.492 e. The molecule has 4 rings (SSSR count). The topological polar surface area (TPSA) is 54.3 Å². The third-order valence-corrected chi connectivity index (χ3v) is 5.29. The van der Waals surface area contributed by atoms with Crippen LogP contribution in [0.15, 0.2) is 42.5 Å². The van der Waals surface area contributed by atoms with Crippen molar-refractivity contribution >= 4 is 23.1 Å². The van der Waals surface area contributed by atoms with Gasteiger partial charge in [-0.05, 0) is 37.3 Å². The highest BCUT2D eigenvalue weighted by atomic mass is 19.1. The van der Waals surface area contributed by atoms with Crippen molar-refractivity contribution in [1.82, 2.24) is 0 Å². The first kappa shape index (κ1) is 18.4. The zero-order chi connectivity index (χ0) is 19.7. The van der Waals surface area contributed by atoms with E-state index >= 15 is 0 Å². The molecule has 0 spiro atoms. The number of amides is 1. The second-order valence-electron chi connectivity index (χ2n) is 7.02. The van der Waals surface area contributed by atoms with Crippen LogP contribution in [0.3, 0.4) is 0 Å². The first-order valence-corrected chi connectivity index (χ1v) is 9.54. The number of ether oxygens (including phenoxy) is 1. The maximum absolute atomic E-state index is 13.6. The summed E-state index contributed by atoms with van der Waals surface area (Å²) in [6.07, 6.45) is 0. The summed E-state index contributed by atoms with van der Waals surface area (Å²) in [4.78, 5) is 29.4. The normalized spacial score (nSPS) is 17.2. The number of benzene rings is 2. The zero-order valence-corrected chi connectivity index (χ0v) is 15.8. The second kappa shape index (κ2) is 7.59. The van der Waals surface area contributed by atoms with Crippen LogP contribution in [0.4, 0.5) is 15.8 Å². The van der Waals surface area contributed by atoms with Crippen molar-refractivity contribution in [2.75, 3.05) is 49.3 Å². The van der Waals surface area contributed by atoms with Gasteiger partial charge in [0.25, 0.3) is 5.78 Å². The van der Waals surface area contributed by atoms with Crippen molar-refractivity contribution in [1.29, 1.82) is 0 Å². The van der Waals surface area contributed by atoms with Gasteiger partial charge in [0.1, 0.15) is 11.6 Å². The van der Waals surface area contributed by atoms with E-state index in [9.17, 15) is 14.0 Å². The Morgan fingerprint density at radius 2 is 1.82 bits per heavy atom. The average Bonchev–Trinajstić information content (AvgIpc) is 2.94. The molecule has 0 aliphatic carbocycles. The summed E-state index contributed by atoms with van der Waals surface area (Å²) in [6, 6.07) is 11.9. The van der Waals surface area contributed by atoms with E-state index < -0.39 is 17.5 Å². The van der Waals surface area contributed by atoms with Gasteiger partial charge in [0, 0.05) is 0 Å². The standard InChI is InChI=1S/C21H22FN3O3/c1-2-28-19-6-4-3-5-17(19)24-11-9-23(10-12-24)14-25-18-13-15(22)7-8-16(18)20(26)21(25)27/h3-8,13H,2,9-12,14H2,1H3/p+1. The molecule has 2 aromatic rings. The van der Waals surface area contributed by atoms with E-state index in [-0.39, 0.29) is 5.56 Å². The number of para-hydroxylation sites is 2. The third kappa shape index (κ3) is 3.33. The van der Waals surface area contributed by atoms with Gasteiger partial charge in [-0.2, -0.15) is 0 Å². The summed E-state index contributed by atoms with van der Waals surface area (Å²) < 4.78 is 19.4. The number of hydrogen-bond acceptors (Lipinski definition) is 4. The molecule has 0 atom stereocenters. The van der Waals surface area contributed by atoms with E-state index in [1.54, 1.807) is 0 Å². The molecule has 0 radical (unpaired) electrons. The molecule has 1 fully saturated rings. The Balaban J connectivity index is 1.44. The summed E-state index contributed by atoms with van der Waals surface area (Å²) >= 11 is 0. The molecule has 0 saturated carbocycles. The molecule has 6 nitrogen and oxygen atoms in total. The number of quaternary nitrogens is 1. The highest BCUT2D eigenvalue weighted by Gasteiger charge is 2.38. The van der Waals surface area contributed by atoms with Gasteiger partial charge in [0.05, 0.1) is 49.7 Å². The van der Waals surface area contributed by atoms with Gasteiger partial charge >= 0.3 is 5.91 Å². The number of piperazine rings is 1. The van der Waals surface area contributed by atoms with Crippen molar-refractivity contribution in [3.05, 3.63) is 53.8 Å². The molecule has 1 N–H and O–H groups in total. The van der Waals surface area contributed by atoms with Crippen LogP contribution in [0.1, 0.15) is 17.3 Å². The van der Waals surface area contributed by atoms with Crippen LogP contribution in [-0.4, -0.2) is 51.1 Å². The van der Waals surface area contributed by atoms with Crippen LogP contribution in [-0.2, 0) is 4.79 Å². The molecule has 0 unspecified atom stereocenters. The molecular formula is C21H23FN3O3+. The lowest BCUT2D eigenvalue weighted by Gasteiger charge is -2.35. The summed E-state index contributed by atoms with van der Waals surface area (Å²) in [7, 11) is 0. The maximum atomic E-state index is 13.6. The van der Waals surface area contributed by atoms with Crippen LogP contribution in [0.5, 0.6) is 5.75 Å². The molecule has 1 saturated heterocycles. The third-order valence-electron chi connectivity index (χ3n) is 5.29. The lowest BCUT2D eigenvalue weighted by atomic mass is 10.1. The first-order chi connectivity index (χ1) is 13.6. The lowest BCUT2D eigenvalue weighted by molar-refractivity contribution is -0.899. The molecule has 146 valence electrons. The van der Waals surface area contributed by atoms with E-state index in [0.29, 0.717) is 19.0 Å². The first-order valence-electron chi connectivity index (χ1n) is 9.54. The zero-order valence-electron chi connectivity index (χ0n) is 15.8. The van der Waals surface area contributed by atoms with Crippen LogP contribution in [0, 0.1) is 5.82 Å². The van der Waals surface area contributed by atoms with Crippen molar-refractivity contribution < 1.29 is 23.6 Å². The van der Waals surface area contributed by atoms with E-state index in [2.05, 4.69) is 11.0 Å². The number of ketones is 1. The molecule has 2 aliphatic heterocycles. The minimum absolute atomic E-state index is 0.287. The monoisotopic (exact) mass is 384 g/mol. The van der Waals surface area contributed by atoms with Gasteiger partial charge in [-0.15, -0.1) is 0 Å². The number of carbonyl (C=O) groups is 2. The number of nitrogens with one attached hydrogen (secondary N) is 1. The molecule has 2 aromatic carbocycles. The summed E-state index contributed by atoms with van der Waals surface area (Å²) in [5, 5.41) is 0. The predicted molar refractivity (Wildman–Crippen MR) is 104 cm³/mol.